The van der Waals surface area contributed by atoms with E-state index >= 15 is 0 Å². The van der Waals surface area contributed by atoms with Gasteiger partial charge in [-0.15, -0.1) is 0 Å². The molecule has 152 valence electrons. The molecule has 0 fully saturated rings. The largest absolute Gasteiger partial charge is 0.724 e. The van der Waals surface area contributed by atoms with Gasteiger partial charge in [0.2, 0.25) is 0 Å². The first kappa shape index (κ1) is 20.5. The lowest BCUT2D eigenvalue weighted by molar-refractivity contribution is -0.128. The lowest BCUT2D eigenvalue weighted by atomic mass is 10.1. The van der Waals surface area contributed by atoms with Crippen LogP contribution in [0.2, 0.25) is 0 Å². The number of rotatable bonds is 7. The molecule has 0 aromatic heterocycles. The summed E-state index contributed by atoms with van der Waals surface area (Å²) in [5.74, 6) is 0.274. The number of hydrogen-bond acceptors (Lipinski definition) is 7. The van der Waals surface area contributed by atoms with Crippen LogP contribution in [0, 0.1) is 5.21 Å². The highest BCUT2D eigenvalue weighted by Gasteiger charge is 2.00. The number of esters is 1. The van der Waals surface area contributed by atoms with Gasteiger partial charge < -0.3 is 26.2 Å². The average molecular weight is 402 g/mol. The molecule has 0 radical (unpaired) electrons. The molecule has 0 aliphatic rings. The van der Waals surface area contributed by atoms with Crippen LogP contribution in [0.4, 0.5) is 11.4 Å². The van der Waals surface area contributed by atoms with Gasteiger partial charge in [0.15, 0.2) is 5.75 Å². The smallest absolute Gasteiger partial charge is 0.336 e. The van der Waals surface area contributed by atoms with Crippen LogP contribution in [0.5, 0.6) is 11.5 Å². The first-order chi connectivity index (χ1) is 14.5. The van der Waals surface area contributed by atoms with Crippen LogP contribution in [0.15, 0.2) is 85.1 Å². The molecule has 3 aromatic carbocycles. The van der Waals surface area contributed by atoms with Crippen molar-refractivity contribution >= 4 is 29.5 Å². The molecular weight excluding hydrogens is 382 g/mol. The normalized spacial score (nSPS) is 11.0. The van der Waals surface area contributed by atoms with Crippen LogP contribution in [0.1, 0.15) is 11.1 Å². The predicted molar refractivity (Wildman–Crippen MR) is 118 cm³/mol. The van der Waals surface area contributed by atoms with E-state index in [1.54, 1.807) is 72.8 Å². The molecule has 0 aliphatic carbocycles. The topological polar surface area (TPSA) is 114 Å². The molecule has 7 nitrogen and oxygen atoms in total. The van der Waals surface area contributed by atoms with Gasteiger partial charge in [-0.05, 0) is 77.9 Å². The van der Waals surface area contributed by atoms with Crippen molar-refractivity contribution in [2.45, 2.75) is 0 Å². The Kier molecular flexibility index (Phi) is 6.70. The molecule has 0 unspecified atom stereocenters. The summed E-state index contributed by atoms with van der Waals surface area (Å²) in [6.45, 7) is 0. The number of benzene rings is 3. The molecule has 0 atom stereocenters. The Labute approximate surface area is 174 Å². The van der Waals surface area contributed by atoms with Gasteiger partial charge in [0.25, 0.3) is 0 Å². The minimum atomic E-state index is -0.511. The molecular formula is C23H20N3O4-. The van der Waals surface area contributed by atoms with Crippen LogP contribution in [-0.2, 0) is 4.79 Å². The highest BCUT2D eigenvalue weighted by Crippen LogP contribution is 2.16. The summed E-state index contributed by atoms with van der Waals surface area (Å²) in [6.07, 6.45) is 5.78. The zero-order chi connectivity index (χ0) is 21.3. The monoisotopic (exact) mass is 402 g/mol. The predicted octanol–water partition coefficient (Wildman–Crippen LogP) is 4.23. The van der Waals surface area contributed by atoms with Gasteiger partial charge >= 0.3 is 5.97 Å². The number of nitrogens with two attached hydrogens (primary N) is 2. The van der Waals surface area contributed by atoms with E-state index in [9.17, 15) is 10.0 Å². The minimum Gasteiger partial charge on any atom is -0.724 e. The Morgan fingerprint density at radius 1 is 0.833 bits per heavy atom. The third-order valence-corrected chi connectivity index (χ3v) is 3.89. The molecule has 4 N–H and O–H groups in total. The van der Waals surface area contributed by atoms with Crippen LogP contribution in [0.3, 0.4) is 0 Å². The van der Waals surface area contributed by atoms with Gasteiger partial charge in [-0.3, -0.25) is 5.23 Å². The quantitative estimate of drug-likeness (QED) is 0.200. The molecule has 0 amide bonds. The summed E-state index contributed by atoms with van der Waals surface area (Å²) in [6, 6.07) is 20.3. The van der Waals surface area contributed by atoms with E-state index < -0.39 is 5.97 Å². The third-order valence-electron chi connectivity index (χ3n) is 3.89. The second-order valence-electron chi connectivity index (χ2n) is 6.26. The van der Waals surface area contributed by atoms with E-state index in [-0.39, 0.29) is 0 Å². The van der Waals surface area contributed by atoms with Gasteiger partial charge in [0.1, 0.15) is 5.75 Å². The van der Waals surface area contributed by atoms with Crippen molar-refractivity contribution in [2.75, 3.05) is 11.5 Å². The van der Waals surface area contributed by atoms with Gasteiger partial charge in [-0.2, -0.15) is 0 Å². The molecule has 0 aliphatic heterocycles. The first-order valence-corrected chi connectivity index (χ1v) is 9.01. The lowest BCUT2D eigenvalue weighted by Gasteiger charge is -2.25. The Morgan fingerprint density at radius 2 is 1.40 bits per heavy atom. The summed E-state index contributed by atoms with van der Waals surface area (Å²) in [4.78, 5) is 17.1. The Hall–Kier alpha value is -4.23. The highest BCUT2D eigenvalue weighted by molar-refractivity contribution is 5.88. The zero-order valence-electron chi connectivity index (χ0n) is 16.0. The van der Waals surface area contributed by atoms with Crippen molar-refractivity contribution in [1.82, 2.24) is 5.23 Å². The van der Waals surface area contributed by atoms with Gasteiger partial charge in [0, 0.05) is 23.7 Å². The number of carbonyl (C=O) groups is 1. The van der Waals surface area contributed by atoms with Gasteiger partial charge in [-0.25, -0.2) is 4.79 Å². The molecule has 0 spiro atoms. The van der Waals surface area contributed by atoms with Crippen molar-refractivity contribution in [1.29, 1.82) is 0 Å². The maximum atomic E-state index is 11.9. The molecule has 30 heavy (non-hydrogen) atoms. The average Bonchev–Trinajstić information content (AvgIpc) is 2.74. The van der Waals surface area contributed by atoms with E-state index in [2.05, 4.69) is 0 Å². The molecule has 0 saturated carbocycles. The van der Waals surface area contributed by atoms with Crippen LogP contribution >= 0.6 is 0 Å². The van der Waals surface area contributed by atoms with E-state index in [0.29, 0.717) is 28.1 Å². The number of ether oxygens (including phenoxy) is 1. The Bertz CT molecular complexity index is 1040. The second-order valence-corrected chi connectivity index (χ2v) is 6.26. The number of nitrogens with zero attached hydrogens (tertiary/aromatic N) is 1. The van der Waals surface area contributed by atoms with Crippen molar-refractivity contribution < 1.29 is 14.4 Å². The Morgan fingerprint density at radius 3 is 2.03 bits per heavy atom. The third kappa shape index (κ3) is 6.43. The first-order valence-electron chi connectivity index (χ1n) is 9.01. The Balaban J connectivity index is 1.57. The van der Waals surface area contributed by atoms with Crippen LogP contribution < -0.4 is 21.0 Å². The fourth-order valence-corrected chi connectivity index (χ4v) is 2.43. The molecule has 0 saturated heterocycles. The summed E-state index contributed by atoms with van der Waals surface area (Å²) < 4.78 is 5.20. The molecule has 3 aromatic rings. The molecule has 0 heterocycles. The summed E-state index contributed by atoms with van der Waals surface area (Å²) in [5.41, 5.74) is 13.9. The zero-order valence-corrected chi connectivity index (χ0v) is 16.0. The number of carbonyl (C=O) groups excluding carboxylic acids is 1. The van der Waals surface area contributed by atoms with E-state index in [4.69, 9.17) is 21.0 Å². The fraction of sp³-hybridized carbons (Fsp3) is 0. The van der Waals surface area contributed by atoms with Crippen molar-refractivity contribution in [2.24, 2.45) is 0 Å². The number of anilines is 2. The van der Waals surface area contributed by atoms with Crippen molar-refractivity contribution in [3.05, 3.63) is 101 Å². The number of nitrogen functional groups attached to an aromatic ring is 2. The van der Waals surface area contributed by atoms with Gasteiger partial charge in [-0.1, -0.05) is 18.2 Å². The van der Waals surface area contributed by atoms with Crippen molar-refractivity contribution in [3.8, 4) is 11.5 Å². The van der Waals surface area contributed by atoms with Gasteiger partial charge in [0.05, 0.1) is 0 Å². The maximum Gasteiger partial charge on any atom is 0.336 e. The summed E-state index contributed by atoms with van der Waals surface area (Å²) in [5, 5.41) is 12.2. The number of hydrogen-bond donors (Lipinski definition) is 2. The van der Waals surface area contributed by atoms with E-state index in [1.165, 1.54) is 12.3 Å². The maximum absolute atomic E-state index is 11.9. The van der Waals surface area contributed by atoms with Crippen LogP contribution in [0.25, 0.3) is 12.2 Å². The molecule has 3 rings (SSSR count). The SMILES string of the molecule is Nc1ccc(OC(=O)/C=C/c2cccc(/C=C/N([O-])Oc3ccc(N)cc3)c2)cc1. The molecule has 7 heteroatoms. The second kappa shape index (κ2) is 9.81. The minimum absolute atomic E-state index is 0.345. The summed E-state index contributed by atoms with van der Waals surface area (Å²) >= 11 is 0. The number of hydroxylamine groups is 2. The standard InChI is InChI=1S/C23H20N3O4/c24-19-5-9-21(10-6-19)29-23(27)13-4-17-2-1-3-18(16-17)14-15-26(28)30-22-11-7-20(25)8-12-22/h1-16H,24-25H2/q-1/b13-4+,15-14+. The van der Waals surface area contributed by atoms with E-state index in [0.717, 1.165) is 11.1 Å². The van der Waals surface area contributed by atoms with Crippen LogP contribution in [-0.4, -0.2) is 11.2 Å². The molecule has 0 bridgehead atoms. The highest BCUT2D eigenvalue weighted by atomic mass is 16.9. The fourth-order valence-electron chi connectivity index (χ4n) is 2.43. The lowest BCUT2D eigenvalue weighted by Crippen LogP contribution is -2.12. The van der Waals surface area contributed by atoms with Crippen molar-refractivity contribution in [3.63, 3.8) is 0 Å². The van der Waals surface area contributed by atoms with E-state index in [1.807, 2.05) is 12.1 Å². The summed E-state index contributed by atoms with van der Waals surface area (Å²) in [7, 11) is 0.